The maximum Gasteiger partial charge on any atom is 0.328 e. The van der Waals surface area contributed by atoms with Crippen molar-refractivity contribution in [2.75, 3.05) is 12.3 Å². The summed E-state index contributed by atoms with van der Waals surface area (Å²) in [7, 11) is 0. The van der Waals surface area contributed by atoms with Gasteiger partial charge in [-0.1, -0.05) is 30.3 Å². The highest BCUT2D eigenvalue weighted by Gasteiger charge is 2.41. The van der Waals surface area contributed by atoms with Crippen molar-refractivity contribution in [3.8, 4) is 5.88 Å². The minimum atomic E-state index is -1.26. The number of nitrogens with two attached hydrogens (primary N) is 1. The predicted molar refractivity (Wildman–Crippen MR) is 131 cm³/mol. The van der Waals surface area contributed by atoms with Gasteiger partial charge in [0.2, 0.25) is 11.8 Å². The quantitative estimate of drug-likeness (QED) is 0.396. The Morgan fingerprint density at radius 2 is 1.72 bits per heavy atom. The number of amides is 1. The number of fused-ring (bicyclic) bond motifs is 2. The smallest absolute Gasteiger partial charge is 0.328 e. The molecule has 0 aliphatic carbocycles. The Kier molecular flexibility index (Phi) is 9.34. The second-order valence-corrected chi connectivity index (χ2v) is 8.57. The molecule has 11 nitrogen and oxygen atoms in total. The molecule has 3 atom stereocenters. The summed E-state index contributed by atoms with van der Waals surface area (Å²) < 4.78 is 5.47. The Labute approximate surface area is 209 Å². The third-order valence-corrected chi connectivity index (χ3v) is 6.09. The van der Waals surface area contributed by atoms with E-state index in [1.807, 2.05) is 6.92 Å². The van der Waals surface area contributed by atoms with Gasteiger partial charge in [0.05, 0.1) is 6.61 Å². The fourth-order valence-corrected chi connectivity index (χ4v) is 4.63. The lowest BCUT2D eigenvalue weighted by molar-refractivity contribution is -0.134. The average molecular weight is 498 g/mol. The number of carboxylic acid groups (broad SMARTS) is 2. The molecule has 11 heteroatoms. The van der Waals surface area contributed by atoms with Gasteiger partial charge in [0.1, 0.15) is 5.56 Å². The molecular formula is C25H31N5O6. The lowest BCUT2D eigenvalue weighted by atomic mass is 9.96. The van der Waals surface area contributed by atoms with Crippen LogP contribution in [0.25, 0.3) is 0 Å². The summed E-state index contributed by atoms with van der Waals surface area (Å²) in [6, 6.07) is 11.8. The second-order valence-electron chi connectivity index (χ2n) is 8.57. The van der Waals surface area contributed by atoms with Gasteiger partial charge >= 0.3 is 11.9 Å². The van der Waals surface area contributed by atoms with Gasteiger partial charge in [-0.2, -0.15) is 4.98 Å². The van der Waals surface area contributed by atoms with E-state index in [0.717, 1.165) is 19.4 Å². The van der Waals surface area contributed by atoms with Crippen molar-refractivity contribution in [1.29, 1.82) is 0 Å². The van der Waals surface area contributed by atoms with E-state index in [9.17, 15) is 14.4 Å². The van der Waals surface area contributed by atoms with E-state index >= 15 is 0 Å². The van der Waals surface area contributed by atoms with Crippen molar-refractivity contribution in [3.05, 3.63) is 59.8 Å². The fourth-order valence-electron chi connectivity index (χ4n) is 4.63. The Balaban J connectivity index is 0.000000392. The molecule has 1 aromatic carbocycles. The van der Waals surface area contributed by atoms with Crippen LogP contribution in [0.1, 0.15) is 48.5 Å². The van der Waals surface area contributed by atoms with Crippen molar-refractivity contribution in [3.63, 3.8) is 0 Å². The van der Waals surface area contributed by atoms with Gasteiger partial charge in [-0.05, 0) is 38.2 Å². The number of aliphatic carboxylic acids is 2. The SMILES string of the molecule is CCOc1nc(N)ncc1C(=O)NC1C[C@H]2CC[C@@H](C1)N2Cc1ccccc1.O=C(O)/C=C\C(=O)O. The van der Waals surface area contributed by atoms with Crippen LogP contribution in [-0.2, 0) is 16.1 Å². The number of ether oxygens (including phenoxy) is 1. The number of hydrogen-bond donors (Lipinski definition) is 4. The van der Waals surface area contributed by atoms with Crippen molar-refractivity contribution in [2.45, 2.75) is 57.3 Å². The van der Waals surface area contributed by atoms with Crippen LogP contribution in [0.4, 0.5) is 5.95 Å². The molecule has 3 heterocycles. The van der Waals surface area contributed by atoms with Gasteiger partial charge in [-0.3, -0.25) is 9.69 Å². The van der Waals surface area contributed by atoms with E-state index < -0.39 is 11.9 Å². The van der Waals surface area contributed by atoms with E-state index in [4.69, 9.17) is 20.7 Å². The van der Waals surface area contributed by atoms with Crippen LogP contribution in [0, 0.1) is 0 Å². The Hall–Kier alpha value is -3.99. The number of aromatic nitrogens is 2. The first-order chi connectivity index (χ1) is 17.3. The number of nitrogens with one attached hydrogen (secondary N) is 1. The van der Waals surface area contributed by atoms with E-state index in [1.54, 1.807) is 0 Å². The Morgan fingerprint density at radius 1 is 1.11 bits per heavy atom. The molecule has 192 valence electrons. The van der Waals surface area contributed by atoms with Crippen molar-refractivity contribution in [2.24, 2.45) is 0 Å². The van der Waals surface area contributed by atoms with Crippen LogP contribution < -0.4 is 15.8 Å². The maximum absolute atomic E-state index is 12.8. The molecule has 2 saturated heterocycles. The number of anilines is 1. The fraction of sp³-hybridized carbons (Fsp3) is 0.400. The lowest BCUT2D eigenvalue weighted by Crippen LogP contribution is -2.50. The number of carbonyl (C=O) groups is 3. The predicted octanol–water partition coefficient (Wildman–Crippen LogP) is 2.09. The molecule has 0 saturated carbocycles. The minimum absolute atomic E-state index is 0.104. The molecule has 1 aromatic heterocycles. The van der Waals surface area contributed by atoms with Gasteiger partial charge in [0.15, 0.2) is 0 Å². The van der Waals surface area contributed by atoms with E-state index in [0.29, 0.717) is 36.4 Å². The summed E-state index contributed by atoms with van der Waals surface area (Å²) >= 11 is 0. The number of piperidine rings is 1. The number of carbonyl (C=O) groups excluding carboxylic acids is 1. The summed E-state index contributed by atoms with van der Waals surface area (Å²) in [6.45, 7) is 3.25. The standard InChI is InChI=1S/C21H27N5O2.C4H4O4/c1-2-28-20-18(12-23-21(22)25-20)19(27)24-15-10-16-8-9-17(11-15)26(16)13-14-6-4-3-5-7-14;5-3(6)1-2-4(7)8/h3-7,12,15-17H,2,8-11,13H2,1H3,(H,24,27)(H2,22,23,25);1-2H,(H,5,6)(H,7,8)/b;2-1-/t15?,16-,17+;. The first kappa shape index (κ1) is 26.6. The molecule has 1 unspecified atom stereocenters. The summed E-state index contributed by atoms with van der Waals surface area (Å²) in [5.41, 5.74) is 7.32. The van der Waals surface area contributed by atoms with Gasteiger partial charge in [0.25, 0.3) is 5.91 Å². The maximum atomic E-state index is 12.8. The van der Waals surface area contributed by atoms with Crippen molar-refractivity contribution in [1.82, 2.24) is 20.2 Å². The van der Waals surface area contributed by atoms with Crippen LogP contribution in [-0.4, -0.2) is 67.7 Å². The van der Waals surface area contributed by atoms with E-state index in [1.165, 1.54) is 24.6 Å². The average Bonchev–Trinajstić information content (AvgIpc) is 3.06. The normalized spacial score (nSPS) is 20.9. The lowest BCUT2D eigenvalue weighted by Gasteiger charge is -2.39. The molecule has 4 rings (SSSR count). The highest BCUT2D eigenvalue weighted by molar-refractivity contribution is 5.96. The monoisotopic (exact) mass is 497 g/mol. The highest BCUT2D eigenvalue weighted by Crippen LogP contribution is 2.37. The molecule has 2 fully saturated rings. The Bertz CT molecular complexity index is 1060. The zero-order valence-electron chi connectivity index (χ0n) is 20.0. The van der Waals surface area contributed by atoms with Gasteiger partial charge in [-0.15, -0.1) is 0 Å². The van der Waals surface area contributed by atoms with Crippen LogP contribution in [0.2, 0.25) is 0 Å². The van der Waals surface area contributed by atoms with Gasteiger partial charge in [-0.25, -0.2) is 14.6 Å². The zero-order chi connectivity index (χ0) is 26.1. The highest BCUT2D eigenvalue weighted by atomic mass is 16.5. The first-order valence-electron chi connectivity index (χ1n) is 11.8. The number of carboxylic acids is 2. The van der Waals surface area contributed by atoms with Crippen molar-refractivity contribution >= 4 is 23.8 Å². The summed E-state index contributed by atoms with van der Waals surface area (Å²) in [5.74, 6) is -2.35. The molecule has 2 bridgehead atoms. The van der Waals surface area contributed by atoms with Crippen LogP contribution in [0.5, 0.6) is 5.88 Å². The molecular weight excluding hydrogens is 466 g/mol. The third kappa shape index (κ3) is 7.51. The number of benzene rings is 1. The molecule has 5 N–H and O–H groups in total. The summed E-state index contributed by atoms with van der Waals surface area (Å²) in [6.07, 6.45) is 6.88. The molecule has 2 aliphatic rings. The van der Waals surface area contributed by atoms with Crippen molar-refractivity contribution < 1.29 is 29.3 Å². The Morgan fingerprint density at radius 3 is 2.28 bits per heavy atom. The molecule has 2 aromatic rings. The number of rotatable bonds is 8. The third-order valence-electron chi connectivity index (χ3n) is 6.09. The van der Waals surface area contributed by atoms with E-state index in [-0.39, 0.29) is 23.8 Å². The second kappa shape index (κ2) is 12.6. The van der Waals surface area contributed by atoms with Gasteiger partial charge < -0.3 is 26.0 Å². The van der Waals surface area contributed by atoms with Crippen LogP contribution in [0.15, 0.2) is 48.7 Å². The molecule has 2 aliphatic heterocycles. The minimum Gasteiger partial charge on any atom is -0.478 e. The molecule has 0 spiro atoms. The zero-order valence-corrected chi connectivity index (χ0v) is 20.0. The molecule has 36 heavy (non-hydrogen) atoms. The molecule has 1 amide bonds. The van der Waals surface area contributed by atoms with E-state index in [2.05, 4.69) is 50.5 Å². The van der Waals surface area contributed by atoms with Gasteiger partial charge in [0, 0.05) is 43.0 Å². The van der Waals surface area contributed by atoms with Crippen LogP contribution >= 0.6 is 0 Å². The summed E-state index contributed by atoms with van der Waals surface area (Å²) in [4.78, 5) is 42.5. The summed E-state index contributed by atoms with van der Waals surface area (Å²) in [5, 5.41) is 18.8. The number of hydrogen-bond acceptors (Lipinski definition) is 8. The van der Waals surface area contributed by atoms with Crippen LogP contribution in [0.3, 0.4) is 0 Å². The molecule has 0 radical (unpaired) electrons. The topological polar surface area (TPSA) is 168 Å². The number of nitrogens with zero attached hydrogens (tertiary/aromatic N) is 3. The number of nitrogen functional groups attached to an aromatic ring is 1. The first-order valence-corrected chi connectivity index (χ1v) is 11.8. The largest absolute Gasteiger partial charge is 0.478 e.